The first kappa shape index (κ1) is 13.1. The first-order valence-electron chi connectivity index (χ1n) is 5.92. The van der Waals surface area contributed by atoms with Crippen molar-refractivity contribution in [1.29, 1.82) is 0 Å². The van der Waals surface area contributed by atoms with Gasteiger partial charge in [-0.3, -0.25) is 5.84 Å². The highest BCUT2D eigenvalue weighted by Gasteiger charge is 2.18. The van der Waals surface area contributed by atoms with Crippen molar-refractivity contribution < 1.29 is 0 Å². The van der Waals surface area contributed by atoms with Gasteiger partial charge in [0.25, 0.3) is 0 Å². The number of halogens is 1. The van der Waals surface area contributed by atoms with E-state index in [9.17, 15) is 0 Å². The van der Waals surface area contributed by atoms with Crippen LogP contribution >= 0.6 is 11.6 Å². The van der Waals surface area contributed by atoms with E-state index < -0.39 is 0 Å². The molecule has 0 bridgehead atoms. The van der Waals surface area contributed by atoms with Crippen molar-refractivity contribution in [1.82, 2.24) is 5.43 Å². The third kappa shape index (κ3) is 2.41. The van der Waals surface area contributed by atoms with E-state index in [2.05, 4.69) is 31.4 Å². The van der Waals surface area contributed by atoms with E-state index in [0.29, 0.717) is 0 Å². The highest BCUT2D eigenvalue weighted by atomic mass is 35.5. The number of hydrazine groups is 1. The lowest BCUT2D eigenvalue weighted by molar-refractivity contribution is 0.630. The summed E-state index contributed by atoms with van der Waals surface area (Å²) in [6, 6.07) is 13.9. The van der Waals surface area contributed by atoms with E-state index in [1.165, 1.54) is 16.7 Å². The molecule has 2 rings (SSSR count). The Hall–Kier alpha value is -1.35. The molecule has 0 fully saturated rings. The predicted octanol–water partition coefficient (Wildman–Crippen LogP) is 3.51. The van der Waals surface area contributed by atoms with Crippen LogP contribution in [0.3, 0.4) is 0 Å². The Morgan fingerprint density at radius 1 is 1.00 bits per heavy atom. The van der Waals surface area contributed by atoms with Gasteiger partial charge in [-0.05, 0) is 42.2 Å². The molecular formula is C15H17ClN2. The number of rotatable bonds is 3. The van der Waals surface area contributed by atoms with E-state index in [4.69, 9.17) is 17.4 Å². The predicted molar refractivity (Wildman–Crippen MR) is 76.5 cm³/mol. The third-order valence-corrected chi connectivity index (χ3v) is 3.56. The minimum Gasteiger partial charge on any atom is -0.271 e. The molecule has 0 radical (unpaired) electrons. The Kier molecular flexibility index (Phi) is 4.02. The molecule has 0 aliphatic rings. The smallest absolute Gasteiger partial charge is 0.0729 e. The molecule has 1 atom stereocenters. The van der Waals surface area contributed by atoms with E-state index in [1.54, 1.807) is 0 Å². The molecule has 1 unspecified atom stereocenters. The Bertz CT molecular complexity index is 532. The van der Waals surface area contributed by atoms with Crippen molar-refractivity contribution in [2.75, 3.05) is 0 Å². The third-order valence-electron chi connectivity index (χ3n) is 3.21. The van der Waals surface area contributed by atoms with Crippen molar-refractivity contribution in [2.45, 2.75) is 19.9 Å². The number of hydrogen-bond donors (Lipinski definition) is 2. The molecule has 0 amide bonds. The molecule has 3 heteroatoms. The fourth-order valence-corrected chi connectivity index (χ4v) is 2.57. The summed E-state index contributed by atoms with van der Waals surface area (Å²) in [6.45, 7) is 4.17. The monoisotopic (exact) mass is 260 g/mol. The van der Waals surface area contributed by atoms with Crippen molar-refractivity contribution in [2.24, 2.45) is 5.84 Å². The second-order valence-corrected chi connectivity index (χ2v) is 4.83. The van der Waals surface area contributed by atoms with Crippen molar-refractivity contribution >= 4 is 11.6 Å². The first-order valence-corrected chi connectivity index (χ1v) is 6.29. The molecule has 2 aromatic rings. The zero-order chi connectivity index (χ0) is 13.1. The molecule has 0 aliphatic carbocycles. The molecule has 0 aromatic heterocycles. The van der Waals surface area contributed by atoms with E-state index in [1.807, 2.05) is 30.3 Å². The van der Waals surface area contributed by atoms with Crippen LogP contribution in [0, 0.1) is 13.8 Å². The standard InChI is InChI=1S/C15H17ClN2/c1-10-6-5-7-11(2)14(10)15(18-17)12-8-3-4-9-13(12)16/h3-9,15,18H,17H2,1-2H3. The lowest BCUT2D eigenvalue weighted by atomic mass is 9.92. The van der Waals surface area contributed by atoms with Gasteiger partial charge in [-0.25, -0.2) is 5.43 Å². The van der Waals surface area contributed by atoms with Gasteiger partial charge in [-0.15, -0.1) is 0 Å². The summed E-state index contributed by atoms with van der Waals surface area (Å²) in [5.41, 5.74) is 7.47. The van der Waals surface area contributed by atoms with Gasteiger partial charge >= 0.3 is 0 Å². The van der Waals surface area contributed by atoms with Gasteiger partial charge in [0, 0.05) is 5.02 Å². The Labute approximate surface area is 113 Å². The lowest BCUT2D eigenvalue weighted by Gasteiger charge is -2.22. The fraction of sp³-hybridized carbons (Fsp3) is 0.200. The lowest BCUT2D eigenvalue weighted by Crippen LogP contribution is -2.30. The van der Waals surface area contributed by atoms with Crippen molar-refractivity contribution in [3.63, 3.8) is 0 Å². The molecule has 0 saturated heterocycles. The van der Waals surface area contributed by atoms with Gasteiger partial charge in [0.15, 0.2) is 0 Å². The zero-order valence-corrected chi connectivity index (χ0v) is 11.3. The van der Waals surface area contributed by atoms with Crippen LogP contribution in [-0.4, -0.2) is 0 Å². The molecule has 0 heterocycles. The molecule has 0 saturated carbocycles. The summed E-state index contributed by atoms with van der Waals surface area (Å²) < 4.78 is 0. The van der Waals surface area contributed by atoms with E-state index in [0.717, 1.165) is 10.6 Å². The molecule has 18 heavy (non-hydrogen) atoms. The molecule has 2 aromatic carbocycles. The Balaban J connectivity index is 2.56. The second-order valence-electron chi connectivity index (χ2n) is 4.43. The minimum atomic E-state index is -0.0834. The Morgan fingerprint density at radius 3 is 2.17 bits per heavy atom. The average Bonchev–Trinajstić information content (AvgIpc) is 2.35. The summed E-state index contributed by atoms with van der Waals surface area (Å²) >= 11 is 6.26. The van der Waals surface area contributed by atoms with Crippen molar-refractivity contribution in [3.05, 3.63) is 69.7 Å². The maximum Gasteiger partial charge on any atom is 0.0729 e. The molecule has 2 nitrogen and oxygen atoms in total. The van der Waals surface area contributed by atoms with Gasteiger partial charge in [-0.1, -0.05) is 48.0 Å². The normalized spacial score (nSPS) is 12.4. The van der Waals surface area contributed by atoms with Crippen LogP contribution in [0.5, 0.6) is 0 Å². The maximum absolute atomic E-state index is 6.26. The maximum atomic E-state index is 6.26. The van der Waals surface area contributed by atoms with Crippen molar-refractivity contribution in [3.8, 4) is 0 Å². The van der Waals surface area contributed by atoms with Crippen LogP contribution in [0.4, 0.5) is 0 Å². The number of nitrogens with one attached hydrogen (secondary N) is 1. The quantitative estimate of drug-likeness (QED) is 0.655. The van der Waals surface area contributed by atoms with Crippen LogP contribution in [0.15, 0.2) is 42.5 Å². The van der Waals surface area contributed by atoms with E-state index in [-0.39, 0.29) is 6.04 Å². The summed E-state index contributed by atoms with van der Waals surface area (Å²) in [7, 11) is 0. The Morgan fingerprint density at radius 2 is 1.61 bits per heavy atom. The van der Waals surface area contributed by atoms with Gasteiger partial charge in [0.1, 0.15) is 0 Å². The van der Waals surface area contributed by atoms with E-state index >= 15 is 0 Å². The zero-order valence-electron chi connectivity index (χ0n) is 10.6. The van der Waals surface area contributed by atoms with Crippen LogP contribution in [-0.2, 0) is 0 Å². The molecule has 0 aliphatic heterocycles. The minimum absolute atomic E-state index is 0.0834. The first-order chi connectivity index (χ1) is 8.65. The summed E-state index contributed by atoms with van der Waals surface area (Å²) in [4.78, 5) is 0. The summed E-state index contributed by atoms with van der Waals surface area (Å²) in [6.07, 6.45) is 0. The molecular weight excluding hydrogens is 244 g/mol. The molecule has 0 spiro atoms. The molecule has 3 N–H and O–H groups in total. The van der Waals surface area contributed by atoms with Gasteiger partial charge in [0.05, 0.1) is 6.04 Å². The number of aryl methyl sites for hydroxylation is 2. The number of benzene rings is 2. The highest BCUT2D eigenvalue weighted by molar-refractivity contribution is 6.31. The number of hydrogen-bond acceptors (Lipinski definition) is 2. The van der Waals surface area contributed by atoms with Crippen LogP contribution < -0.4 is 11.3 Å². The average molecular weight is 261 g/mol. The fourth-order valence-electron chi connectivity index (χ4n) is 2.32. The molecule has 94 valence electrons. The van der Waals surface area contributed by atoms with Gasteiger partial charge in [-0.2, -0.15) is 0 Å². The second kappa shape index (κ2) is 5.53. The van der Waals surface area contributed by atoms with Crippen LogP contribution in [0.1, 0.15) is 28.3 Å². The highest BCUT2D eigenvalue weighted by Crippen LogP contribution is 2.31. The van der Waals surface area contributed by atoms with Crippen LogP contribution in [0.25, 0.3) is 0 Å². The summed E-state index contributed by atoms with van der Waals surface area (Å²) in [5, 5.41) is 0.725. The van der Waals surface area contributed by atoms with Gasteiger partial charge < -0.3 is 0 Å². The summed E-state index contributed by atoms with van der Waals surface area (Å²) in [5.74, 6) is 5.73. The number of nitrogens with two attached hydrogens (primary N) is 1. The van der Waals surface area contributed by atoms with Gasteiger partial charge in [0.2, 0.25) is 0 Å². The topological polar surface area (TPSA) is 38.0 Å². The SMILES string of the molecule is Cc1cccc(C)c1C(NN)c1ccccc1Cl. The largest absolute Gasteiger partial charge is 0.271 e. The van der Waals surface area contributed by atoms with Crippen LogP contribution in [0.2, 0.25) is 5.02 Å².